The van der Waals surface area contributed by atoms with Gasteiger partial charge in [-0.1, -0.05) is 12.1 Å². The molecule has 3 rings (SSSR count). The summed E-state index contributed by atoms with van der Waals surface area (Å²) < 4.78 is 16.1. The summed E-state index contributed by atoms with van der Waals surface area (Å²) >= 11 is 0. The Labute approximate surface area is 154 Å². The van der Waals surface area contributed by atoms with E-state index in [1.807, 2.05) is 18.2 Å². The maximum absolute atomic E-state index is 12.6. The van der Waals surface area contributed by atoms with Gasteiger partial charge < -0.3 is 14.2 Å². The molecule has 0 fully saturated rings. The number of carbonyl (C=O) groups is 1. The Kier molecular flexibility index (Phi) is 5.61. The molecule has 2 aromatic rings. The molecule has 0 aliphatic heterocycles. The molecule has 1 aliphatic carbocycles. The van der Waals surface area contributed by atoms with Crippen LogP contribution in [-0.4, -0.2) is 27.1 Å². The van der Waals surface area contributed by atoms with E-state index in [9.17, 15) is 4.79 Å². The third-order valence-electron chi connectivity index (χ3n) is 4.78. The first-order valence-corrected chi connectivity index (χ1v) is 8.81. The van der Waals surface area contributed by atoms with Crippen LogP contribution in [0.3, 0.4) is 0 Å². The highest BCUT2D eigenvalue weighted by Gasteiger charge is 2.15. The van der Waals surface area contributed by atoms with E-state index in [4.69, 9.17) is 14.2 Å². The zero-order valence-corrected chi connectivity index (χ0v) is 15.5. The normalized spacial score (nSPS) is 13.3. The van der Waals surface area contributed by atoms with Crippen LogP contribution in [0.5, 0.6) is 17.2 Å². The van der Waals surface area contributed by atoms with Crippen molar-refractivity contribution in [1.82, 2.24) is 0 Å². The highest BCUT2D eigenvalue weighted by molar-refractivity contribution is 6.07. The van der Waals surface area contributed by atoms with Gasteiger partial charge in [0.15, 0.2) is 17.3 Å². The Hall–Kier alpha value is -2.75. The van der Waals surface area contributed by atoms with Crippen LogP contribution >= 0.6 is 0 Å². The molecule has 0 atom stereocenters. The molecule has 0 amide bonds. The summed E-state index contributed by atoms with van der Waals surface area (Å²) in [6, 6.07) is 9.68. The zero-order valence-electron chi connectivity index (χ0n) is 15.5. The molecule has 0 unspecified atom stereocenters. The molecule has 0 spiro atoms. The average molecular weight is 352 g/mol. The zero-order chi connectivity index (χ0) is 18.5. The predicted octanol–water partition coefficient (Wildman–Crippen LogP) is 4.49. The Bertz CT molecular complexity index is 836. The van der Waals surface area contributed by atoms with Crippen molar-refractivity contribution in [1.29, 1.82) is 0 Å². The van der Waals surface area contributed by atoms with E-state index in [0.29, 0.717) is 17.2 Å². The molecular formula is C22H24O4. The van der Waals surface area contributed by atoms with Crippen LogP contribution in [-0.2, 0) is 12.8 Å². The van der Waals surface area contributed by atoms with Crippen molar-refractivity contribution < 1.29 is 19.0 Å². The number of ketones is 1. The maximum Gasteiger partial charge on any atom is 0.203 e. The first-order chi connectivity index (χ1) is 12.7. The molecule has 0 saturated carbocycles. The van der Waals surface area contributed by atoms with Crippen molar-refractivity contribution in [3.8, 4) is 17.2 Å². The fourth-order valence-electron chi connectivity index (χ4n) is 3.40. The molecule has 4 nitrogen and oxygen atoms in total. The molecule has 4 heteroatoms. The van der Waals surface area contributed by atoms with E-state index in [2.05, 4.69) is 6.07 Å². The molecule has 1 aliphatic rings. The number of hydrogen-bond donors (Lipinski definition) is 0. The summed E-state index contributed by atoms with van der Waals surface area (Å²) in [5.41, 5.74) is 4.16. The second-order valence-electron chi connectivity index (χ2n) is 6.31. The van der Waals surface area contributed by atoms with E-state index >= 15 is 0 Å². The summed E-state index contributed by atoms with van der Waals surface area (Å²) in [6.07, 6.45) is 7.94. The topological polar surface area (TPSA) is 44.8 Å². The van der Waals surface area contributed by atoms with Gasteiger partial charge in [0, 0.05) is 11.1 Å². The highest BCUT2D eigenvalue weighted by Crippen LogP contribution is 2.40. The fraction of sp³-hybridized carbons (Fsp3) is 0.318. The van der Waals surface area contributed by atoms with E-state index in [0.717, 1.165) is 24.0 Å². The standard InChI is InChI=1S/C22H24O4/c1-24-20-13-11-16(21(25-2)22(20)26-3)10-12-19(23)18-9-8-15-6-4-5-7-17(15)14-18/h8-14H,4-7H2,1-3H3. The smallest absolute Gasteiger partial charge is 0.203 e. The lowest BCUT2D eigenvalue weighted by molar-refractivity contribution is 0.104. The van der Waals surface area contributed by atoms with Crippen molar-refractivity contribution in [2.24, 2.45) is 0 Å². The van der Waals surface area contributed by atoms with Crippen LogP contribution in [0.25, 0.3) is 6.08 Å². The molecule has 0 bridgehead atoms. The lowest BCUT2D eigenvalue weighted by Crippen LogP contribution is -2.05. The fourth-order valence-corrected chi connectivity index (χ4v) is 3.40. The monoisotopic (exact) mass is 352 g/mol. The van der Waals surface area contributed by atoms with Gasteiger partial charge in [-0.2, -0.15) is 0 Å². The van der Waals surface area contributed by atoms with Crippen LogP contribution in [0.4, 0.5) is 0 Å². The largest absolute Gasteiger partial charge is 0.493 e. The second kappa shape index (κ2) is 8.09. The first-order valence-electron chi connectivity index (χ1n) is 8.81. The molecule has 0 aromatic heterocycles. The first kappa shape index (κ1) is 18.1. The summed E-state index contributed by atoms with van der Waals surface area (Å²) in [5, 5.41) is 0. The van der Waals surface area contributed by atoms with Crippen molar-refractivity contribution in [2.75, 3.05) is 21.3 Å². The predicted molar refractivity (Wildman–Crippen MR) is 103 cm³/mol. The third kappa shape index (κ3) is 3.59. The van der Waals surface area contributed by atoms with E-state index < -0.39 is 0 Å². The maximum atomic E-state index is 12.6. The Balaban J connectivity index is 1.86. The van der Waals surface area contributed by atoms with Crippen molar-refractivity contribution in [3.63, 3.8) is 0 Å². The van der Waals surface area contributed by atoms with Crippen molar-refractivity contribution in [3.05, 3.63) is 58.7 Å². The molecule has 136 valence electrons. The van der Waals surface area contributed by atoms with Gasteiger partial charge in [0.25, 0.3) is 0 Å². The van der Waals surface area contributed by atoms with Gasteiger partial charge in [-0.05, 0) is 67.2 Å². The van der Waals surface area contributed by atoms with E-state index in [-0.39, 0.29) is 5.78 Å². The van der Waals surface area contributed by atoms with Crippen LogP contribution in [0, 0.1) is 0 Å². The second-order valence-corrected chi connectivity index (χ2v) is 6.31. The third-order valence-corrected chi connectivity index (χ3v) is 4.78. The SMILES string of the molecule is COc1ccc(C=CC(=O)c2ccc3c(c2)CCCC3)c(OC)c1OC. The minimum absolute atomic E-state index is 0.0183. The van der Waals surface area contributed by atoms with Crippen LogP contribution < -0.4 is 14.2 Å². The van der Waals surface area contributed by atoms with E-state index in [1.165, 1.54) is 24.0 Å². The number of allylic oxidation sites excluding steroid dienone is 1. The minimum atomic E-state index is -0.0183. The van der Waals surface area contributed by atoms with Gasteiger partial charge in [-0.25, -0.2) is 0 Å². The molecule has 2 aromatic carbocycles. The summed E-state index contributed by atoms with van der Waals surface area (Å²) in [6.45, 7) is 0. The summed E-state index contributed by atoms with van der Waals surface area (Å²) in [7, 11) is 4.71. The molecule has 0 N–H and O–H groups in total. The lowest BCUT2D eigenvalue weighted by atomic mass is 9.90. The lowest BCUT2D eigenvalue weighted by Gasteiger charge is -2.16. The van der Waals surface area contributed by atoms with Crippen LogP contribution in [0.15, 0.2) is 36.4 Å². The average Bonchev–Trinajstić information content (AvgIpc) is 2.70. The molecule has 0 radical (unpaired) electrons. The number of aryl methyl sites for hydroxylation is 2. The Morgan fingerprint density at radius 1 is 0.885 bits per heavy atom. The number of carbonyl (C=O) groups excluding carboxylic acids is 1. The van der Waals surface area contributed by atoms with Gasteiger partial charge in [0.05, 0.1) is 21.3 Å². The molecule has 0 heterocycles. The van der Waals surface area contributed by atoms with Gasteiger partial charge in [-0.15, -0.1) is 0 Å². The highest BCUT2D eigenvalue weighted by atomic mass is 16.5. The minimum Gasteiger partial charge on any atom is -0.493 e. The summed E-state index contributed by atoms with van der Waals surface area (Å²) in [4.78, 5) is 12.6. The number of ether oxygens (including phenoxy) is 3. The number of benzene rings is 2. The van der Waals surface area contributed by atoms with Gasteiger partial charge in [0.1, 0.15) is 0 Å². The van der Waals surface area contributed by atoms with Gasteiger partial charge in [-0.3, -0.25) is 4.79 Å². The number of rotatable bonds is 6. The van der Waals surface area contributed by atoms with Crippen molar-refractivity contribution in [2.45, 2.75) is 25.7 Å². The quantitative estimate of drug-likeness (QED) is 0.568. The molecular weight excluding hydrogens is 328 g/mol. The van der Waals surface area contributed by atoms with Crippen molar-refractivity contribution >= 4 is 11.9 Å². The van der Waals surface area contributed by atoms with Crippen LogP contribution in [0.2, 0.25) is 0 Å². The number of methoxy groups -OCH3 is 3. The molecule has 26 heavy (non-hydrogen) atoms. The molecule has 0 saturated heterocycles. The number of fused-ring (bicyclic) bond motifs is 1. The van der Waals surface area contributed by atoms with E-state index in [1.54, 1.807) is 39.5 Å². The summed E-state index contributed by atoms with van der Waals surface area (Å²) in [5.74, 6) is 1.62. The Morgan fingerprint density at radius 2 is 1.62 bits per heavy atom. The Morgan fingerprint density at radius 3 is 2.31 bits per heavy atom. The number of hydrogen-bond acceptors (Lipinski definition) is 4. The van der Waals surface area contributed by atoms with Crippen LogP contribution in [0.1, 0.15) is 39.9 Å². The van der Waals surface area contributed by atoms with Gasteiger partial charge in [0.2, 0.25) is 5.75 Å². The van der Waals surface area contributed by atoms with Gasteiger partial charge >= 0.3 is 0 Å².